The van der Waals surface area contributed by atoms with Crippen LogP contribution in [-0.2, 0) is 0 Å². The fourth-order valence-corrected chi connectivity index (χ4v) is 1.01. The highest BCUT2D eigenvalue weighted by Gasteiger charge is 2.01. The van der Waals surface area contributed by atoms with E-state index in [1.165, 1.54) is 5.57 Å². The molecule has 0 spiro atoms. The van der Waals surface area contributed by atoms with Crippen LogP contribution < -0.4 is 5.32 Å². The molecule has 0 aliphatic carbocycles. The Balaban J connectivity index is 2.42. The van der Waals surface area contributed by atoms with Crippen molar-refractivity contribution in [2.24, 2.45) is 0 Å². The molecule has 0 aromatic heterocycles. The van der Waals surface area contributed by atoms with Crippen molar-refractivity contribution in [3.05, 3.63) is 11.6 Å². The lowest BCUT2D eigenvalue weighted by atomic mass is 10.1. The molecule has 0 bridgehead atoms. The molecule has 1 saturated heterocycles. The molecule has 0 amide bonds. The lowest BCUT2D eigenvalue weighted by Gasteiger charge is -2.13. The molecule has 0 aromatic rings. The smallest absolute Gasteiger partial charge is 0.00111 e. The molecule has 0 saturated carbocycles. The first-order valence-electron chi connectivity index (χ1n) is 3.28. The third kappa shape index (κ3) is 1.91. The standard InChI is InChI=1S/C8H11N/c1-2-3-8-4-6-9-7-5-8/h1,3,9H,4-7H2. The van der Waals surface area contributed by atoms with Crippen LogP contribution in [-0.4, -0.2) is 13.1 Å². The molecule has 48 valence electrons. The highest BCUT2D eigenvalue weighted by molar-refractivity contribution is 5.18. The van der Waals surface area contributed by atoms with E-state index in [2.05, 4.69) is 11.2 Å². The molecule has 1 N–H and O–H groups in total. The zero-order valence-corrected chi connectivity index (χ0v) is 5.48. The van der Waals surface area contributed by atoms with Crippen molar-refractivity contribution in [2.45, 2.75) is 12.8 Å². The van der Waals surface area contributed by atoms with Crippen LogP contribution in [0.4, 0.5) is 0 Å². The molecular weight excluding hydrogens is 110 g/mol. The summed E-state index contributed by atoms with van der Waals surface area (Å²) in [5, 5.41) is 3.26. The van der Waals surface area contributed by atoms with Crippen molar-refractivity contribution in [3.8, 4) is 12.3 Å². The lowest BCUT2D eigenvalue weighted by molar-refractivity contribution is 0.610. The van der Waals surface area contributed by atoms with Gasteiger partial charge in [0.1, 0.15) is 0 Å². The van der Waals surface area contributed by atoms with Crippen molar-refractivity contribution in [3.63, 3.8) is 0 Å². The quantitative estimate of drug-likeness (QED) is 0.470. The number of terminal acetylenes is 1. The molecule has 1 aliphatic heterocycles. The Bertz CT molecular complexity index is 142. The monoisotopic (exact) mass is 121 g/mol. The van der Waals surface area contributed by atoms with Gasteiger partial charge in [0.05, 0.1) is 0 Å². The van der Waals surface area contributed by atoms with Crippen molar-refractivity contribution in [2.75, 3.05) is 13.1 Å². The van der Waals surface area contributed by atoms with Gasteiger partial charge < -0.3 is 5.32 Å². The minimum absolute atomic E-state index is 1.09. The Hall–Kier alpha value is -0.740. The SMILES string of the molecule is C#CC=C1CCNCC1. The van der Waals surface area contributed by atoms with E-state index < -0.39 is 0 Å². The third-order valence-electron chi connectivity index (χ3n) is 1.53. The summed E-state index contributed by atoms with van der Waals surface area (Å²) in [5.74, 6) is 2.55. The first-order valence-corrected chi connectivity index (χ1v) is 3.28. The Morgan fingerprint density at radius 1 is 1.44 bits per heavy atom. The van der Waals surface area contributed by atoms with Gasteiger partial charge in [-0.15, -0.1) is 6.42 Å². The van der Waals surface area contributed by atoms with Crippen molar-refractivity contribution < 1.29 is 0 Å². The summed E-state index contributed by atoms with van der Waals surface area (Å²) in [5.41, 5.74) is 1.41. The molecule has 1 fully saturated rings. The summed E-state index contributed by atoms with van der Waals surface area (Å²) in [6.45, 7) is 2.18. The maximum Gasteiger partial charge on any atom is -0.00111 e. The summed E-state index contributed by atoms with van der Waals surface area (Å²) in [6.07, 6.45) is 9.26. The molecular formula is C8H11N. The number of allylic oxidation sites excluding steroid dienone is 1. The van der Waals surface area contributed by atoms with Gasteiger partial charge in [0.25, 0.3) is 0 Å². The fraction of sp³-hybridized carbons (Fsp3) is 0.500. The average molecular weight is 121 g/mol. The van der Waals surface area contributed by atoms with Gasteiger partial charge in [-0.2, -0.15) is 0 Å². The molecule has 0 radical (unpaired) electrons. The summed E-state index contributed by atoms with van der Waals surface area (Å²) in [7, 11) is 0. The number of hydrogen-bond acceptors (Lipinski definition) is 1. The second kappa shape index (κ2) is 3.32. The van der Waals surface area contributed by atoms with E-state index in [9.17, 15) is 0 Å². The number of nitrogens with one attached hydrogen (secondary N) is 1. The van der Waals surface area contributed by atoms with E-state index >= 15 is 0 Å². The molecule has 1 nitrogen and oxygen atoms in total. The van der Waals surface area contributed by atoms with Crippen molar-refractivity contribution in [1.82, 2.24) is 5.32 Å². The Kier molecular flexibility index (Phi) is 2.35. The first kappa shape index (κ1) is 6.38. The topological polar surface area (TPSA) is 12.0 Å². The predicted octanol–water partition coefficient (Wildman–Crippen LogP) is 0.929. The summed E-state index contributed by atoms with van der Waals surface area (Å²) >= 11 is 0. The molecule has 0 atom stereocenters. The van der Waals surface area contributed by atoms with E-state index in [0.717, 1.165) is 25.9 Å². The Labute approximate surface area is 56.1 Å². The molecule has 1 heteroatoms. The number of rotatable bonds is 0. The normalized spacial score (nSPS) is 18.8. The zero-order chi connectivity index (χ0) is 6.53. The van der Waals surface area contributed by atoms with Crippen LogP contribution in [0.1, 0.15) is 12.8 Å². The molecule has 0 aromatic carbocycles. The van der Waals surface area contributed by atoms with Crippen LogP contribution in [0.5, 0.6) is 0 Å². The van der Waals surface area contributed by atoms with Gasteiger partial charge in [0.2, 0.25) is 0 Å². The van der Waals surface area contributed by atoms with Gasteiger partial charge in [-0.3, -0.25) is 0 Å². The Morgan fingerprint density at radius 3 is 2.67 bits per heavy atom. The first-order chi connectivity index (χ1) is 4.43. The van der Waals surface area contributed by atoms with Crippen LogP contribution in [0.2, 0.25) is 0 Å². The second-order valence-electron chi connectivity index (χ2n) is 2.22. The number of piperidine rings is 1. The van der Waals surface area contributed by atoms with E-state index in [1.54, 1.807) is 0 Å². The molecule has 0 unspecified atom stereocenters. The Morgan fingerprint density at radius 2 is 2.11 bits per heavy atom. The van der Waals surface area contributed by atoms with Gasteiger partial charge in [-0.1, -0.05) is 11.5 Å². The fourth-order valence-electron chi connectivity index (χ4n) is 1.01. The number of hydrogen-bond donors (Lipinski definition) is 1. The van der Waals surface area contributed by atoms with E-state index in [0.29, 0.717) is 0 Å². The molecule has 1 rings (SSSR count). The van der Waals surface area contributed by atoms with Crippen molar-refractivity contribution in [1.29, 1.82) is 0 Å². The van der Waals surface area contributed by atoms with E-state index in [4.69, 9.17) is 6.42 Å². The van der Waals surface area contributed by atoms with Gasteiger partial charge >= 0.3 is 0 Å². The summed E-state index contributed by atoms with van der Waals surface area (Å²) < 4.78 is 0. The van der Waals surface area contributed by atoms with Crippen LogP contribution in [0.15, 0.2) is 11.6 Å². The van der Waals surface area contributed by atoms with Crippen LogP contribution in [0.25, 0.3) is 0 Å². The maximum atomic E-state index is 5.11. The molecule has 1 heterocycles. The maximum absolute atomic E-state index is 5.11. The summed E-state index contributed by atoms with van der Waals surface area (Å²) in [4.78, 5) is 0. The average Bonchev–Trinajstić information content (AvgIpc) is 1.91. The predicted molar refractivity (Wildman–Crippen MR) is 39.0 cm³/mol. The highest BCUT2D eigenvalue weighted by atomic mass is 14.9. The van der Waals surface area contributed by atoms with Gasteiger partial charge in [-0.05, 0) is 32.0 Å². The zero-order valence-electron chi connectivity index (χ0n) is 5.48. The van der Waals surface area contributed by atoms with Gasteiger partial charge in [0.15, 0.2) is 0 Å². The van der Waals surface area contributed by atoms with Crippen LogP contribution in [0.3, 0.4) is 0 Å². The summed E-state index contributed by atoms with van der Waals surface area (Å²) in [6, 6.07) is 0. The second-order valence-corrected chi connectivity index (χ2v) is 2.22. The van der Waals surface area contributed by atoms with Crippen LogP contribution in [0, 0.1) is 12.3 Å². The van der Waals surface area contributed by atoms with Crippen molar-refractivity contribution >= 4 is 0 Å². The van der Waals surface area contributed by atoms with Gasteiger partial charge in [0, 0.05) is 0 Å². The molecule has 9 heavy (non-hydrogen) atoms. The minimum atomic E-state index is 1.09. The lowest BCUT2D eigenvalue weighted by Crippen LogP contribution is -2.22. The largest absolute Gasteiger partial charge is 0.316 e. The highest BCUT2D eigenvalue weighted by Crippen LogP contribution is 2.08. The van der Waals surface area contributed by atoms with Gasteiger partial charge in [-0.25, -0.2) is 0 Å². The third-order valence-corrected chi connectivity index (χ3v) is 1.53. The minimum Gasteiger partial charge on any atom is -0.316 e. The van der Waals surface area contributed by atoms with E-state index in [-0.39, 0.29) is 0 Å². The molecule has 1 aliphatic rings. The van der Waals surface area contributed by atoms with E-state index in [1.807, 2.05) is 6.08 Å². The van der Waals surface area contributed by atoms with Crippen LogP contribution >= 0.6 is 0 Å².